The second-order valence-corrected chi connectivity index (χ2v) is 6.11. The molecule has 0 spiro atoms. The van der Waals surface area contributed by atoms with Crippen LogP contribution in [0.1, 0.15) is 45.4 Å². The number of nitrogens with zero attached hydrogens (tertiary/aromatic N) is 1. The zero-order chi connectivity index (χ0) is 13.2. The number of methoxy groups -OCH3 is 1. The molecule has 2 fully saturated rings. The van der Waals surface area contributed by atoms with Gasteiger partial charge in [0, 0.05) is 19.7 Å². The number of piperidine rings is 1. The summed E-state index contributed by atoms with van der Waals surface area (Å²) in [6.07, 6.45) is 6.75. The minimum Gasteiger partial charge on any atom is -0.481 e. The summed E-state index contributed by atoms with van der Waals surface area (Å²) >= 11 is 0. The third-order valence-corrected chi connectivity index (χ3v) is 4.74. The van der Waals surface area contributed by atoms with Crippen molar-refractivity contribution in [1.29, 1.82) is 0 Å². The Kier molecular flexibility index (Phi) is 4.28. The molecule has 4 heteroatoms. The highest BCUT2D eigenvalue weighted by molar-refractivity contribution is 5.74. The molecule has 0 bridgehead atoms. The topological polar surface area (TPSA) is 49.8 Å². The fourth-order valence-corrected chi connectivity index (χ4v) is 3.41. The van der Waals surface area contributed by atoms with E-state index in [0.29, 0.717) is 18.7 Å². The maximum absolute atomic E-state index is 11.4. The van der Waals surface area contributed by atoms with E-state index in [0.717, 1.165) is 45.1 Å². The summed E-state index contributed by atoms with van der Waals surface area (Å²) in [6, 6.07) is 0.565. The maximum Gasteiger partial charge on any atom is 0.310 e. The predicted molar refractivity (Wildman–Crippen MR) is 69.6 cm³/mol. The van der Waals surface area contributed by atoms with Crippen LogP contribution in [0.25, 0.3) is 0 Å². The molecule has 1 atom stereocenters. The average molecular weight is 255 g/mol. The highest BCUT2D eigenvalue weighted by Crippen LogP contribution is 2.34. The minimum atomic E-state index is -0.641. The SMILES string of the molecule is COC1CCC(N2CCCC(C)(C(=O)O)C2)CC1. The molecule has 0 aromatic carbocycles. The Morgan fingerprint density at radius 1 is 1.33 bits per heavy atom. The number of aliphatic carboxylic acids is 1. The summed E-state index contributed by atoms with van der Waals surface area (Å²) in [4.78, 5) is 13.8. The second-order valence-electron chi connectivity index (χ2n) is 6.11. The Hall–Kier alpha value is -0.610. The molecule has 2 aliphatic rings. The highest BCUT2D eigenvalue weighted by atomic mass is 16.5. The van der Waals surface area contributed by atoms with E-state index < -0.39 is 11.4 Å². The first-order valence-corrected chi connectivity index (χ1v) is 7.05. The van der Waals surface area contributed by atoms with E-state index in [2.05, 4.69) is 4.90 Å². The number of carboxylic acid groups (broad SMARTS) is 1. The standard InChI is InChI=1S/C14H25NO3/c1-14(13(16)17)8-3-9-15(10-14)11-4-6-12(18-2)7-5-11/h11-12H,3-10H2,1-2H3,(H,16,17). The first-order chi connectivity index (χ1) is 8.55. The number of hydrogen-bond acceptors (Lipinski definition) is 3. The molecule has 2 rings (SSSR count). The van der Waals surface area contributed by atoms with E-state index in [9.17, 15) is 9.90 Å². The summed E-state index contributed by atoms with van der Waals surface area (Å²) < 4.78 is 5.39. The van der Waals surface area contributed by atoms with Crippen molar-refractivity contribution in [2.45, 2.75) is 57.6 Å². The van der Waals surface area contributed by atoms with Crippen LogP contribution < -0.4 is 0 Å². The van der Waals surface area contributed by atoms with Gasteiger partial charge in [-0.1, -0.05) is 0 Å². The van der Waals surface area contributed by atoms with Crippen LogP contribution in [0.15, 0.2) is 0 Å². The molecule has 1 heterocycles. The molecule has 0 radical (unpaired) electrons. The van der Waals surface area contributed by atoms with E-state index in [1.807, 2.05) is 6.92 Å². The van der Waals surface area contributed by atoms with Crippen molar-refractivity contribution >= 4 is 5.97 Å². The Bertz CT molecular complexity index is 299. The fourth-order valence-electron chi connectivity index (χ4n) is 3.41. The summed E-state index contributed by atoms with van der Waals surface area (Å²) in [5.41, 5.74) is -0.545. The van der Waals surface area contributed by atoms with Crippen molar-refractivity contribution < 1.29 is 14.6 Å². The van der Waals surface area contributed by atoms with Gasteiger partial charge in [-0.2, -0.15) is 0 Å². The van der Waals surface area contributed by atoms with Crippen LogP contribution in [0.3, 0.4) is 0 Å². The molecule has 18 heavy (non-hydrogen) atoms. The molecular formula is C14H25NO3. The summed E-state index contributed by atoms with van der Waals surface area (Å²) in [5.74, 6) is -0.641. The molecule has 104 valence electrons. The van der Waals surface area contributed by atoms with Gasteiger partial charge in [0.15, 0.2) is 0 Å². The second kappa shape index (κ2) is 5.57. The lowest BCUT2D eigenvalue weighted by Gasteiger charge is -2.43. The predicted octanol–water partition coefficient (Wildman–Crippen LogP) is 2.13. The number of carbonyl (C=O) groups is 1. The number of hydrogen-bond donors (Lipinski definition) is 1. The molecule has 4 nitrogen and oxygen atoms in total. The lowest BCUT2D eigenvalue weighted by atomic mass is 9.80. The van der Waals surface area contributed by atoms with Gasteiger partial charge in [-0.3, -0.25) is 9.69 Å². The van der Waals surface area contributed by atoms with E-state index in [1.54, 1.807) is 7.11 Å². The monoisotopic (exact) mass is 255 g/mol. The van der Waals surface area contributed by atoms with E-state index in [4.69, 9.17) is 4.74 Å². The van der Waals surface area contributed by atoms with Crippen LogP contribution >= 0.6 is 0 Å². The zero-order valence-corrected chi connectivity index (χ0v) is 11.5. The molecule has 0 aromatic heterocycles. The van der Waals surface area contributed by atoms with Crippen LogP contribution in [-0.4, -0.2) is 48.3 Å². The van der Waals surface area contributed by atoms with Crippen molar-refractivity contribution in [1.82, 2.24) is 4.90 Å². The van der Waals surface area contributed by atoms with Crippen LogP contribution in [0.4, 0.5) is 0 Å². The molecule has 1 saturated carbocycles. The fraction of sp³-hybridized carbons (Fsp3) is 0.929. The number of rotatable bonds is 3. The van der Waals surface area contributed by atoms with E-state index >= 15 is 0 Å². The smallest absolute Gasteiger partial charge is 0.310 e. The lowest BCUT2D eigenvalue weighted by Crippen LogP contribution is -2.51. The third kappa shape index (κ3) is 2.86. The lowest BCUT2D eigenvalue weighted by molar-refractivity contribution is -0.152. The van der Waals surface area contributed by atoms with Gasteiger partial charge in [-0.25, -0.2) is 0 Å². The number of ether oxygens (including phenoxy) is 1. The van der Waals surface area contributed by atoms with E-state index in [1.165, 1.54) is 0 Å². The van der Waals surface area contributed by atoms with Crippen LogP contribution in [0.2, 0.25) is 0 Å². The van der Waals surface area contributed by atoms with Gasteiger partial charge in [0.05, 0.1) is 11.5 Å². The molecule has 1 unspecified atom stereocenters. The molecule has 0 amide bonds. The molecule has 1 N–H and O–H groups in total. The van der Waals surface area contributed by atoms with Gasteiger partial charge in [-0.05, 0) is 52.0 Å². The Morgan fingerprint density at radius 3 is 2.56 bits per heavy atom. The average Bonchev–Trinajstić information content (AvgIpc) is 2.39. The van der Waals surface area contributed by atoms with Crippen molar-refractivity contribution in [3.63, 3.8) is 0 Å². The molecule has 1 aliphatic heterocycles. The quantitative estimate of drug-likeness (QED) is 0.839. The Labute approximate surface area is 109 Å². The third-order valence-electron chi connectivity index (χ3n) is 4.74. The summed E-state index contributed by atoms with van der Waals surface area (Å²) in [6.45, 7) is 3.66. The normalized spacial score (nSPS) is 38.6. The minimum absolute atomic E-state index is 0.414. The van der Waals surface area contributed by atoms with Crippen molar-refractivity contribution in [2.24, 2.45) is 5.41 Å². The first kappa shape index (κ1) is 13.8. The Balaban J connectivity index is 1.92. The van der Waals surface area contributed by atoms with E-state index in [-0.39, 0.29) is 0 Å². The van der Waals surface area contributed by atoms with Gasteiger partial charge >= 0.3 is 5.97 Å². The largest absolute Gasteiger partial charge is 0.481 e. The van der Waals surface area contributed by atoms with Crippen LogP contribution in [0, 0.1) is 5.41 Å². The molecule has 1 saturated heterocycles. The van der Waals surface area contributed by atoms with Crippen molar-refractivity contribution in [3.8, 4) is 0 Å². The first-order valence-electron chi connectivity index (χ1n) is 7.05. The highest BCUT2D eigenvalue weighted by Gasteiger charge is 2.40. The number of likely N-dealkylation sites (tertiary alicyclic amines) is 1. The van der Waals surface area contributed by atoms with Crippen LogP contribution in [0.5, 0.6) is 0 Å². The van der Waals surface area contributed by atoms with Crippen molar-refractivity contribution in [3.05, 3.63) is 0 Å². The number of carboxylic acids is 1. The molecular weight excluding hydrogens is 230 g/mol. The Morgan fingerprint density at radius 2 is 2.00 bits per heavy atom. The summed E-state index contributed by atoms with van der Waals surface area (Å²) in [5, 5.41) is 9.35. The summed E-state index contributed by atoms with van der Waals surface area (Å²) in [7, 11) is 1.79. The maximum atomic E-state index is 11.4. The molecule has 1 aliphatic carbocycles. The van der Waals surface area contributed by atoms with Gasteiger partial charge < -0.3 is 9.84 Å². The molecule has 0 aromatic rings. The van der Waals surface area contributed by atoms with Crippen LogP contribution in [-0.2, 0) is 9.53 Å². The van der Waals surface area contributed by atoms with Gasteiger partial charge in [0.1, 0.15) is 0 Å². The van der Waals surface area contributed by atoms with Crippen molar-refractivity contribution in [2.75, 3.05) is 20.2 Å². The zero-order valence-electron chi connectivity index (χ0n) is 11.5. The van der Waals surface area contributed by atoms with Gasteiger partial charge in [0.25, 0.3) is 0 Å². The van der Waals surface area contributed by atoms with Gasteiger partial charge in [-0.15, -0.1) is 0 Å². The van der Waals surface area contributed by atoms with Gasteiger partial charge in [0.2, 0.25) is 0 Å².